The molecule has 1 saturated carbocycles. The van der Waals surface area contributed by atoms with Crippen LogP contribution in [0.15, 0.2) is 18.5 Å². The van der Waals surface area contributed by atoms with Gasteiger partial charge in [-0.25, -0.2) is 9.50 Å². The van der Waals surface area contributed by atoms with Crippen molar-refractivity contribution < 1.29 is 4.84 Å². The van der Waals surface area contributed by atoms with Crippen molar-refractivity contribution in [2.24, 2.45) is 0 Å². The normalized spacial score (nSPS) is 16.7. The lowest BCUT2D eigenvalue weighted by molar-refractivity contribution is -0.0245. The summed E-state index contributed by atoms with van der Waals surface area (Å²) in [6.45, 7) is 2.63. The molecule has 0 unspecified atom stereocenters. The van der Waals surface area contributed by atoms with E-state index in [1.54, 1.807) is 0 Å². The van der Waals surface area contributed by atoms with E-state index in [0.717, 1.165) is 16.9 Å². The molecular formula is C13H18N4O. The fraction of sp³-hybridized carbons (Fsp3) is 0.538. The van der Waals surface area contributed by atoms with Crippen LogP contribution >= 0.6 is 0 Å². The minimum Gasteiger partial charge on any atom is -0.298 e. The number of rotatable bonds is 4. The Morgan fingerprint density at radius 2 is 2.28 bits per heavy atom. The predicted molar refractivity (Wildman–Crippen MR) is 67.9 cm³/mol. The molecule has 1 N–H and O–H groups in total. The Morgan fingerprint density at radius 1 is 1.44 bits per heavy atom. The number of hydrogen-bond acceptors (Lipinski definition) is 4. The van der Waals surface area contributed by atoms with Gasteiger partial charge in [0.25, 0.3) is 0 Å². The van der Waals surface area contributed by atoms with Crippen molar-refractivity contribution in [1.82, 2.24) is 20.1 Å². The van der Waals surface area contributed by atoms with Crippen LogP contribution in [0.2, 0.25) is 0 Å². The lowest BCUT2D eigenvalue weighted by Crippen LogP contribution is -2.21. The maximum absolute atomic E-state index is 5.62. The van der Waals surface area contributed by atoms with Crippen molar-refractivity contribution in [1.29, 1.82) is 0 Å². The summed E-state index contributed by atoms with van der Waals surface area (Å²) in [6.07, 6.45) is 9.14. The standard InChI is InChI=1S/C13H18N4O/c1-10-6-13-14-7-11(9-17(13)16-10)8-15-18-12-4-2-3-5-12/h6-7,9,12,15H,2-5,8H2,1H3. The van der Waals surface area contributed by atoms with E-state index in [1.807, 2.05) is 29.9 Å². The Bertz CT molecular complexity index is 531. The molecule has 96 valence electrons. The number of aromatic nitrogens is 3. The molecule has 5 nitrogen and oxygen atoms in total. The van der Waals surface area contributed by atoms with Gasteiger partial charge in [0.2, 0.25) is 0 Å². The second-order valence-corrected chi connectivity index (χ2v) is 4.90. The van der Waals surface area contributed by atoms with E-state index in [9.17, 15) is 0 Å². The van der Waals surface area contributed by atoms with Crippen LogP contribution in [0.25, 0.3) is 5.65 Å². The van der Waals surface area contributed by atoms with E-state index >= 15 is 0 Å². The highest BCUT2D eigenvalue weighted by atomic mass is 16.7. The largest absolute Gasteiger partial charge is 0.298 e. The molecule has 3 rings (SSSR count). The summed E-state index contributed by atoms with van der Waals surface area (Å²) >= 11 is 0. The summed E-state index contributed by atoms with van der Waals surface area (Å²) in [5.74, 6) is 0. The zero-order chi connectivity index (χ0) is 12.4. The van der Waals surface area contributed by atoms with E-state index in [2.05, 4.69) is 15.6 Å². The highest BCUT2D eigenvalue weighted by molar-refractivity contribution is 5.38. The quantitative estimate of drug-likeness (QED) is 0.838. The van der Waals surface area contributed by atoms with Gasteiger partial charge in [0.15, 0.2) is 5.65 Å². The molecule has 5 heteroatoms. The molecule has 2 aromatic heterocycles. The van der Waals surface area contributed by atoms with Crippen LogP contribution in [-0.2, 0) is 11.4 Å². The number of aryl methyl sites for hydroxylation is 1. The molecule has 18 heavy (non-hydrogen) atoms. The van der Waals surface area contributed by atoms with Gasteiger partial charge >= 0.3 is 0 Å². The van der Waals surface area contributed by atoms with Crippen molar-refractivity contribution in [3.63, 3.8) is 0 Å². The Morgan fingerprint density at radius 3 is 3.11 bits per heavy atom. The van der Waals surface area contributed by atoms with Crippen molar-refractivity contribution in [3.05, 3.63) is 29.7 Å². The molecule has 2 aromatic rings. The third-order valence-electron chi connectivity index (χ3n) is 3.32. The summed E-state index contributed by atoms with van der Waals surface area (Å²) in [7, 11) is 0. The molecule has 1 aliphatic carbocycles. The minimum atomic E-state index is 0.383. The number of hydrogen-bond donors (Lipinski definition) is 1. The number of nitrogens with zero attached hydrogens (tertiary/aromatic N) is 3. The Balaban J connectivity index is 1.59. The smallest absolute Gasteiger partial charge is 0.155 e. The average molecular weight is 246 g/mol. The van der Waals surface area contributed by atoms with Gasteiger partial charge in [-0.1, -0.05) is 12.8 Å². The van der Waals surface area contributed by atoms with E-state index in [0.29, 0.717) is 12.6 Å². The third-order valence-corrected chi connectivity index (χ3v) is 3.32. The number of nitrogens with one attached hydrogen (secondary N) is 1. The molecule has 1 aliphatic rings. The fourth-order valence-corrected chi connectivity index (χ4v) is 2.37. The van der Waals surface area contributed by atoms with E-state index in [4.69, 9.17) is 4.84 Å². The molecule has 0 radical (unpaired) electrons. The molecule has 0 spiro atoms. The maximum atomic E-state index is 5.62. The van der Waals surface area contributed by atoms with Crippen molar-refractivity contribution in [3.8, 4) is 0 Å². The van der Waals surface area contributed by atoms with Crippen LogP contribution in [0, 0.1) is 6.92 Å². The molecule has 0 aliphatic heterocycles. The van der Waals surface area contributed by atoms with Crippen LogP contribution < -0.4 is 5.48 Å². The fourth-order valence-electron chi connectivity index (χ4n) is 2.37. The van der Waals surface area contributed by atoms with E-state index in [-0.39, 0.29) is 0 Å². The highest BCUT2D eigenvalue weighted by Crippen LogP contribution is 2.19. The first-order chi connectivity index (χ1) is 8.81. The molecule has 0 amide bonds. The van der Waals surface area contributed by atoms with E-state index in [1.165, 1.54) is 25.7 Å². The summed E-state index contributed by atoms with van der Waals surface area (Å²) < 4.78 is 1.81. The summed E-state index contributed by atoms with van der Waals surface area (Å²) in [4.78, 5) is 9.97. The minimum absolute atomic E-state index is 0.383. The van der Waals surface area contributed by atoms with Crippen LogP contribution in [0.4, 0.5) is 0 Å². The predicted octanol–water partition coefficient (Wildman–Crippen LogP) is 2.00. The van der Waals surface area contributed by atoms with Gasteiger partial charge in [0, 0.05) is 30.6 Å². The Kier molecular flexibility index (Phi) is 3.25. The van der Waals surface area contributed by atoms with Crippen molar-refractivity contribution >= 4 is 5.65 Å². The second-order valence-electron chi connectivity index (χ2n) is 4.90. The summed E-state index contributed by atoms with van der Waals surface area (Å²) in [6, 6.07) is 1.96. The Labute approximate surface area is 106 Å². The van der Waals surface area contributed by atoms with Gasteiger partial charge in [-0.2, -0.15) is 10.6 Å². The van der Waals surface area contributed by atoms with Gasteiger partial charge in [-0.15, -0.1) is 0 Å². The first-order valence-electron chi connectivity index (χ1n) is 6.51. The molecule has 0 bridgehead atoms. The molecule has 0 saturated heterocycles. The van der Waals surface area contributed by atoms with Gasteiger partial charge in [0.05, 0.1) is 11.8 Å². The van der Waals surface area contributed by atoms with Crippen LogP contribution in [0.1, 0.15) is 36.9 Å². The van der Waals surface area contributed by atoms with Crippen molar-refractivity contribution in [2.75, 3.05) is 0 Å². The lowest BCUT2D eigenvalue weighted by atomic mass is 10.3. The molecule has 0 atom stereocenters. The molecule has 2 heterocycles. The first kappa shape index (κ1) is 11.6. The second kappa shape index (κ2) is 5.04. The lowest BCUT2D eigenvalue weighted by Gasteiger charge is -2.11. The number of hydroxylamine groups is 1. The topological polar surface area (TPSA) is 51.5 Å². The van der Waals surface area contributed by atoms with Crippen LogP contribution in [0.5, 0.6) is 0 Å². The van der Waals surface area contributed by atoms with Gasteiger partial charge < -0.3 is 0 Å². The van der Waals surface area contributed by atoms with Crippen LogP contribution in [0.3, 0.4) is 0 Å². The average Bonchev–Trinajstić information content (AvgIpc) is 2.96. The molecule has 0 aromatic carbocycles. The summed E-state index contributed by atoms with van der Waals surface area (Å²) in [5.41, 5.74) is 5.97. The Hall–Kier alpha value is -1.46. The van der Waals surface area contributed by atoms with Crippen molar-refractivity contribution in [2.45, 2.75) is 45.3 Å². The molecule has 1 fully saturated rings. The zero-order valence-electron chi connectivity index (χ0n) is 10.6. The maximum Gasteiger partial charge on any atom is 0.155 e. The molecular weight excluding hydrogens is 228 g/mol. The monoisotopic (exact) mass is 246 g/mol. The third kappa shape index (κ3) is 2.52. The SMILES string of the molecule is Cc1cc2ncc(CNOC3CCCC3)cn2n1. The first-order valence-corrected chi connectivity index (χ1v) is 6.51. The zero-order valence-corrected chi connectivity index (χ0v) is 10.6. The number of fused-ring (bicyclic) bond motifs is 1. The summed E-state index contributed by atoms with van der Waals surface area (Å²) in [5, 5.41) is 4.34. The van der Waals surface area contributed by atoms with Gasteiger partial charge in [-0.05, 0) is 19.8 Å². The van der Waals surface area contributed by atoms with Gasteiger partial charge in [0.1, 0.15) is 0 Å². The van der Waals surface area contributed by atoms with Gasteiger partial charge in [-0.3, -0.25) is 4.84 Å². The highest BCUT2D eigenvalue weighted by Gasteiger charge is 2.15. The van der Waals surface area contributed by atoms with E-state index < -0.39 is 0 Å². The van der Waals surface area contributed by atoms with Crippen LogP contribution in [-0.4, -0.2) is 20.7 Å².